The fraction of sp³-hybridized carbons (Fsp3) is 0.412. The Morgan fingerprint density at radius 3 is 2.60 bits per heavy atom. The zero-order chi connectivity index (χ0) is 13.9. The molecule has 1 N–H and O–H groups in total. The van der Waals surface area contributed by atoms with Crippen molar-refractivity contribution in [2.75, 3.05) is 26.9 Å². The predicted octanol–water partition coefficient (Wildman–Crippen LogP) is 2.82. The molecule has 2 aromatic carbocycles. The van der Waals surface area contributed by atoms with E-state index in [1.54, 1.807) is 0 Å². The Balaban J connectivity index is 2.05. The van der Waals surface area contributed by atoms with Gasteiger partial charge in [-0.15, -0.1) is 0 Å². The van der Waals surface area contributed by atoms with Gasteiger partial charge in [-0.3, -0.25) is 0 Å². The topological polar surface area (TPSA) is 30.5 Å². The van der Waals surface area contributed by atoms with Crippen molar-refractivity contribution >= 4 is 10.8 Å². The molecule has 2 aromatic rings. The molecule has 0 aromatic heterocycles. The first-order chi connectivity index (χ1) is 9.81. The summed E-state index contributed by atoms with van der Waals surface area (Å²) >= 11 is 0. The Morgan fingerprint density at radius 2 is 1.90 bits per heavy atom. The van der Waals surface area contributed by atoms with Crippen molar-refractivity contribution in [1.82, 2.24) is 5.32 Å². The predicted molar refractivity (Wildman–Crippen MR) is 81.0 cm³/mol. The summed E-state index contributed by atoms with van der Waals surface area (Å²) in [6.45, 7) is 4.17. The van der Waals surface area contributed by atoms with Crippen molar-refractivity contribution in [3.05, 3.63) is 47.5 Å². The number of nitrogens with one attached hydrogen (secondary N) is 1. The molecule has 0 amide bonds. The zero-order valence-electron chi connectivity index (χ0n) is 12.1. The van der Waals surface area contributed by atoms with Crippen molar-refractivity contribution in [2.24, 2.45) is 0 Å². The standard InChI is InChI=1S/C17H21NO2/c1-12-7-8-15(14-6-4-3-5-13(12)14)17(18-2)16-11-19-9-10-20-16/h3-8,16-18H,9-11H2,1-2H3. The first kappa shape index (κ1) is 13.6. The van der Waals surface area contributed by atoms with Crippen LogP contribution in [0.3, 0.4) is 0 Å². The molecule has 0 spiro atoms. The monoisotopic (exact) mass is 271 g/mol. The smallest absolute Gasteiger partial charge is 0.100 e. The summed E-state index contributed by atoms with van der Waals surface area (Å²) in [6, 6.07) is 13.1. The van der Waals surface area contributed by atoms with Gasteiger partial charge >= 0.3 is 0 Å². The number of fused-ring (bicyclic) bond motifs is 1. The van der Waals surface area contributed by atoms with Gasteiger partial charge < -0.3 is 14.8 Å². The maximum atomic E-state index is 5.88. The van der Waals surface area contributed by atoms with Crippen LogP contribution in [0, 0.1) is 6.92 Å². The summed E-state index contributed by atoms with van der Waals surface area (Å²) in [5.74, 6) is 0. The number of hydrogen-bond acceptors (Lipinski definition) is 3. The van der Waals surface area contributed by atoms with Crippen LogP contribution in [0.4, 0.5) is 0 Å². The first-order valence-corrected chi connectivity index (χ1v) is 7.16. The largest absolute Gasteiger partial charge is 0.376 e. The lowest BCUT2D eigenvalue weighted by atomic mass is 9.93. The lowest BCUT2D eigenvalue weighted by Crippen LogP contribution is -2.39. The second kappa shape index (κ2) is 5.92. The van der Waals surface area contributed by atoms with E-state index in [4.69, 9.17) is 9.47 Å². The molecular weight excluding hydrogens is 250 g/mol. The highest BCUT2D eigenvalue weighted by atomic mass is 16.6. The van der Waals surface area contributed by atoms with Crippen LogP contribution in [-0.4, -0.2) is 33.0 Å². The van der Waals surface area contributed by atoms with E-state index in [0.717, 1.165) is 0 Å². The second-order valence-electron chi connectivity index (χ2n) is 5.27. The van der Waals surface area contributed by atoms with Crippen molar-refractivity contribution in [2.45, 2.75) is 19.1 Å². The average Bonchev–Trinajstić information content (AvgIpc) is 2.52. The van der Waals surface area contributed by atoms with E-state index in [0.29, 0.717) is 19.8 Å². The van der Waals surface area contributed by atoms with Crippen LogP contribution >= 0.6 is 0 Å². The molecule has 3 heteroatoms. The number of likely N-dealkylation sites (N-methyl/N-ethyl adjacent to an activating group) is 1. The summed E-state index contributed by atoms with van der Waals surface area (Å²) in [5, 5.41) is 5.99. The van der Waals surface area contributed by atoms with Crippen molar-refractivity contribution in [3.8, 4) is 0 Å². The Morgan fingerprint density at radius 1 is 1.10 bits per heavy atom. The van der Waals surface area contributed by atoms with Crippen LogP contribution in [0.1, 0.15) is 17.2 Å². The van der Waals surface area contributed by atoms with Gasteiger partial charge in [0, 0.05) is 0 Å². The summed E-state index contributed by atoms with van der Waals surface area (Å²) in [5.41, 5.74) is 2.59. The molecule has 106 valence electrons. The van der Waals surface area contributed by atoms with Gasteiger partial charge in [-0.25, -0.2) is 0 Å². The molecule has 1 heterocycles. The molecule has 1 fully saturated rings. The molecule has 3 rings (SSSR count). The molecule has 2 unspecified atom stereocenters. The molecule has 0 bridgehead atoms. The SMILES string of the molecule is CNC(c1ccc(C)c2ccccc12)C1COCCO1. The van der Waals surface area contributed by atoms with Crippen LogP contribution in [-0.2, 0) is 9.47 Å². The van der Waals surface area contributed by atoms with Crippen LogP contribution in [0.25, 0.3) is 10.8 Å². The van der Waals surface area contributed by atoms with Crippen LogP contribution < -0.4 is 5.32 Å². The van der Waals surface area contributed by atoms with E-state index in [-0.39, 0.29) is 12.1 Å². The lowest BCUT2D eigenvalue weighted by molar-refractivity contribution is -0.101. The van der Waals surface area contributed by atoms with E-state index < -0.39 is 0 Å². The maximum absolute atomic E-state index is 5.88. The van der Waals surface area contributed by atoms with E-state index >= 15 is 0 Å². The molecule has 0 radical (unpaired) electrons. The fourth-order valence-electron chi connectivity index (χ4n) is 2.98. The number of hydrogen-bond donors (Lipinski definition) is 1. The molecule has 0 saturated carbocycles. The summed E-state index contributed by atoms with van der Waals surface area (Å²) in [7, 11) is 1.98. The van der Waals surface area contributed by atoms with Crippen LogP contribution in [0.5, 0.6) is 0 Å². The van der Waals surface area contributed by atoms with Gasteiger partial charge in [-0.05, 0) is 35.9 Å². The van der Waals surface area contributed by atoms with Gasteiger partial charge in [0.05, 0.1) is 25.9 Å². The Kier molecular flexibility index (Phi) is 4.01. The van der Waals surface area contributed by atoms with Gasteiger partial charge in [0.25, 0.3) is 0 Å². The van der Waals surface area contributed by atoms with Gasteiger partial charge in [-0.1, -0.05) is 36.4 Å². The highest BCUT2D eigenvalue weighted by Crippen LogP contribution is 2.30. The van der Waals surface area contributed by atoms with Crippen molar-refractivity contribution < 1.29 is 9.47 Å². The maximum Gasteiger partial charge on any atom is 0.100 e. The third-order valence-electron chi connectivity index (χ3n) is 4.04. The third-order valence-corrected chi connectivity index (χ3v) is 4.04. The molecular formula is C17H21NO2. The normalized spacial score (nSPS) is 21.0. The molecule has 20 heavy (non-hydrogen) atoms. The van der Waals surface area contributed by atoms with E-state index in [1.165, 1.54) is 21.9 Å². The minimum atomic E-state index is 0.0693. The molecule has 1 aliphatic heterocycles. The Labute approximate surface area is 119 Å². The lowest BCUT2D eigenvalue weighted by Gasteiger charge is -2.31. The molecule has 2 atom stereocenters. The molecule has 1 saturated heterocycles. The number of rotatable bonds is 3. The zero-order valence-corrected chi connectivity index (χ0v) is 12.1. The number of benzene rings is 2. The van der Waals surface area contributed by atoms with Crippen molar-refractivity contribution in [1.29, 1.82) is 0 Å². The fourth-order valence-corrected chi connectivity index (χ4v) is 2.98. The minimum absolute atomic E-state index is 0.0693. The Hall–Kier alpha value is -1.42. The summed E-state index contributed by atoms with van der Waals surface area (Å²) in [6.07, 6.45) is 0.0693. The minimum Gasteiger partial charge on any atom is -0.376 e. The third kappa shape index (κ3) is 2.44. The van der Waals surface area contributed by atoms with Gasteiger partial charge in [0.1, 0.15) is 6.10 Å². The number of ether oxygens (including phenoxy) is 2. The summed E-state index contributed by atoms with van der Waals surface area (Å²) in [4.78, 5) is 0. The molecule has 3 nitrogen and oxygen atoms in total. The van der Waals surface area contributed by atoms with E-state index in [9.17, 15) is 0 Å². The van der Waals surface area contributed by atoms with E-state index in [1.807, 2.05) is 7.05 Å². The molecule has 1 aliphatic rings. The van der Waals surface area contributed by atoms with Crippen LogP contribution in [0.2, 0.25) is 0 Å². The van der Waals surface area contributed by atoms with Crippen molar-refractivity contribution in [3.63, 3.8) is 0 Å². The highest BCUT2D eigenvalue weighted by molar-refractivity contribution is 5.89. The quantitative estimate of drug-likeness (QED) is 0.931. The van der Waals surface area contributed by atoms with Gasteiger partial charge in [-0.2, -0.15) is 0 Å². The first-order valence-electron chi connectivity index (χ1n) is 7.16. The Bertz CT molecular complexity index is 591. The average molecular weight is 271 g/mol. The second-order valence-corrected chi connectivity index (χ2v) is 5.27. The van der Waals surface area contributed by atoms with E-state index in [2.05, 4.69) is 48.6 Å². The number of aryl methyl sites for hydroxylation is 1. The summed E-state index contributed by atoms with van der Waals surface area (Å²) < 4.78 is 11.4. The van der Waals surface area contributed by atoms with Gasteiger partial charge in [0.2, 0.25) is 0 Å². The van der Waals surface area contributed by atoms with Gasteiger partial charge in [0.15, 0.2) is 0 Å². The molecule has 0 aliphatic carbocycles. The highest BCUT2D eigenvalue weighted by Gasteiger charge is 2.26. The van der Waals surface area contributed by atoms with Crippen LogP contribution in [0.15, 0.2) is 36.4 Å².